The fourth-order valence-electron chi connectivity index (χ4n) is 10.2. The predicted molar refractivity (Wildman–Crippen MR) is 263 cm³/mol. The van der Waals surface area contributed by atoms with E-state index in [1.807, 2.05) is 48.5 Å². The molecule has 10 aromatic rings. The molecule has 0 aromatic heterocycles. The minimum Gasteiger partial charge on any atom is -0.736 e. The van der Waals surface area contributed by atoms with Crippen molar-refractivity contribution in [2.75, 3.05) is 0 Å². The van der Waals surface area contributed by atoms with E-state index < -0.39 is 24.0 Å². The Labute approximate surface area is 369 Å². The molecule has 1 aliphatic heterocycles. The van der Waals surface area contributed by atoms with Crippen molar-refractivity contribution >= 4 is 87.0 Å². The van der Waals surface area contributed by atoms with Crippen molar-refractivity contribution in [3.05, 3.63) is 243 Å². The summed E-state index contributed by atoms with van der Waals surface area (Å²) < 4.78 is 28.7. The first kappa shape index (κ1) is 38.8. The summed E-state index contributed by atoms with van der Waals surface area (Å²) in [4.78, 5) is 15.3. The van der Waals surface area contributed by atoms with E-state index in [9.17, 15) is 0 Å². The third-order valence-corrected chi connectivity index (χ3v) is 23.1. The Bertz CT molecular complexity index is 2900. The first-order valence-electron chi connectivity index (χ1n) is 21.2. The third kappa shape index (κ3) is 6.25. The topological polar surface area (TPSA) is 58.6 Å². The zero-order valence-corrected chi connectivity index (χ0v) is 37.1. The van der Waals surface area contributed by atoms with Crippen LogP contribution in [0.4, 0.5) is 0 Å². The maximum atomic E-state index is 15.3. The molecule has 63 heavy (non-hydrogen) atoms. The number of rotatable bonds is 8. The normalized spacial score (nSPS) is 13.3. The van der Waals surface area contributed by atoms with Crippen LogP contribution >= 0.6 is 7.82 Å². The molecule has 302 valence electrons. The molecule has 7 heteroatoms. The average Bonchev–Trinajstić information content (AvgIpc) is 3.47. The molecule has 0 saturated carbocycles. The summed E-state index contributed by atoms with van der Waals surface area (Å²) in [5.41, 5.74) is 1.39. The lowest BCUT2D eigenvalue weighted by Crippen LogP contribution is -2.75. The number of fused-ring (bicyclic) bond motifs is 7. The molecule has 11 rings (SSSR count). The van der Waals surface area contributed by atoms with Crippen molar-refractivity contribution in [1.82, 2.24) is 0 Å². The largest absolute Gasteiger partial charge is 0.736 e. The summed E-state index contributed by atoms with van der Waals surface area (Å²) in [5.74, 6) is 0.588. The molecule has 0 radical (unpaired) electrons. The van der Waals surface area contributed by atoms with Gasteiger partial charge in [0.05, 0.1) is 0 Å². The van der Waals surface area contributed by atoms with E-state index in [1.165, 1.54) is 0 Å². The van der Waals surface area contributed by atoms with Crippen molar-refractivity contribution in [3.63, 3.8) is 0 Å². The van der Waals surface area contributed by atoms with Crippen LogP contribution in [0.15, 0.2) is 243 Å². The molecule has 10 aromatic carbocycles. The number of phosphoric acid groups is 1. The molecule has 1 aliphatic rings. The van der Waals surface area contributed by atoms with Gasteiger partial charge in [0, 0.05) is 11.1 Å². The second kappa shape index (κ2) is 15.7. The van der Waals surface area contributed by atoms with Gasteiger partial charge in [0.1, 0.15) is 11.5 Å². The summed E-state index contributed by atoms with van der Waals surface area (Å²) in [7, 11) is -12.0. The Kier molecular flexibility index (Phi) is 9.67. The molecular weight excluding hydrogens is 824 g/mol. The van der Waals surface area contributed by atoms with Crippen LogP contribution in [-0.4, -0.2) is 16.1 Å². The predicted octanol–water partition coefficient (Wildman–Crippen LogP) is 7.65. The van der Waals surface area contributed by atoms with Crippen LogP contribution in [-0.2, 0) is 4.57 Å². The van der Waals surface area contributed by atoms with Crippen molar-refractivity contribution in [2.45, 2.75) is 0 Å². The summed E-state index contributed by atoms with van der Waals surface area (Å²) in [6.45, 7) is 0. The van der Waals surface area contributed by atoms with Gasteiger partial charge in [-0.05, 0) is 63.0 Å². The lowest BCUT2D eigenvalue weighted by Gasteiger charge is -2.37. The molecule has 1 heterocycles. The van der Waals surface area contributed by atoms with Gasteiger partial charge in [-0.3, -0.25) is 0 Å². The highest BCUT2D eigenvalue weighted by atomic mass is 31.2. The molecular formula is C56H40O4PSi2-. The molecule has 0 fully saturated rings. The third-order valence-electron chi connectivity index (χ3n) is 12.7. The Hall–Kier alpha value is -7.06. The van der Waals surface area contributed by atoms with Crippen molar-refractivity contribution in [2.24, 2.45) is 0 Å². The van der Waals surface area contributed by atoms with Crippen LogP contribution in [0.1, 0.15) is 0 Å². The van der Waals surface area contributed by atoms with Crippen molar-refractivity contribution in [1.29, 1.82) is 0 Å². The minimum atomic E-state index is -5.20. The number of hydrogen-bond acceptors (Lipinski definition) is 4. The molecule has 0 spiro atoms. The molecule has 0 unspecified atom stereocenters. The standard InChI is InChI=1S/C56H41O4PSi2/c57-61(58)59-55-51(62(43-25-7-1-8-26-43,44-27-9-2-10-28-44)45-29-11-3-12-30-45)39-41-23-19-21-37-49(41)53(55)54-50-38-22-20-24-42(50)40-52(56(54)60-61)63(46-31-13-4-14-32-46,47-33-15-5-16-34-47)48-35-17-6-18-36-48/h1-40H,(H,57,58)/p-1. The maximum Gasteiger partial charge on any atom is 0.372 e. The van der Waals surface area contributed by atoms with Gasteiger partial charge in [0.25, 0.3) is 0 Å². The summed E-state index contributed by atoms with van der Waals surface area (Å²) >= 11 is 0. The highest BCUT2D eigenvalue weighted by Gasteiger charge is 2.49. The summed E-state index contributed by atoms with van der Waals surface area (Å²) in [5, 5.41) is 11.9. The van der Waals surface area contributed by atoms with Gasteiger partial charge >= 0.3 is 7.82 Å². The SMILES string of the molecule is O=P1([O-])Oc2c([Si](c3ccccc3)(c3ccccc3)c3ccccc3)cc3ccccc3c2-c2c(c([Si](c3ccccc3)(c3ccccc3)c3ccccc3)cc3ccccc23)O1. The fourth-order valence-corrected chi connectivity index (χ4v) is 21.0. The van der Waals surface area contributed by atoms with Gasteiger partial charge in [0.2, 0.25) is 0 Å². The molecule has 0 bridgehead atoms. The molecule has 0 saturated heterocycles. The zero-order valence-electron chi connectivity index (χ0n) is 34.2. The van der Waals surface area contributed by atoms with Gasteiger partial charge in [-0.15, -0.1) is 0 Å². The van der Waals surface area contributed by atoms with Gasteiger partial charge in [-0.25, -0.2) is 4.57 Å². The van der Waals surface area contributed by atoms with E-state index in [4.69, 9.17) is 9.05 Å². The van der Waals surface area contributed by atoms with Crippen LogP contribution < -0.4 is 55.4 Å². The van der Waals surface area contributed by atoms with E-state index in [-0.39, 0.29) is 0 Å². The van der Waals surface area contributed by atoms with Crippen LogP contribution in [0, 0.1) is 0 Å². The van der Waals surface area contributed by atoms with Gasteiger partial charge in [-0.2, -0.15) is 0 Å². The molecule has 0 aliphatic carbocycles. The molecule has 0 atom stereocenters. The van der Waals surface area contributed by atoms with Crippen LogP contribution in [0.3, 0.4) is 0 Å². The Morgan fingerprint density at radius 3 is 0.841 bits per heavy atom. The van der Waals surface area contributed by atoms with E-state index >= 15 is 9.46 Å². The lowest BCUT2D eigenvalue weighted by molar-refractivity contribution is -0.208. The van der Waals surface area contributed by atoms with Crippen LogP contribution in [0.5, 0.6) is 11.5 Å². The summed E-state index contributed by atoms with van der Waals surface area (Å²) in [6.07, 6.45) is 0. The average molecular weight is 864 g/mol. The van der Waals surface area contributed by atoms with E-state index in [1.54, 1.807) is 0 Å². The second-order valence-corrected chi connectivity index (χ2v) is 24.8. The van der Waals surface area contributed by atoms with Crippen LogP contribution in [0.25, 0.3) is 32.7 Å². The second-order valence-electron chi connectivity index (χ2n) is 16.0. The van der Waals surface area contributed by atoms with Crippen LogP contribution in [0.2, 0.25) is 0 Å². The maximum absolute atomic E-state index is 15.3. The fraction of sp³-hybridized carbons (Fsp3) is 0. The van der Waals surface area contributed by atoms with Gasteiger partial charge in [-0.1, -0.05) is 243 Å². The highest BCUT2D eigenvalue weighted by Crippen LogP contribution is 2.55. The Balaban J connectivity index is 1.38. The Morgan fingerprint density at radius 2 is 0.571 bits per heavy atom. The number of phosphoric ester groups is 1. The number of hydrogen-bond donors (Lipinski definition) is 0. The highest BCUT2D eigenvalue weighted by molar-refractivity contribution is 7.47. The Morgan fingerprint density at radius 1 is 0.333 bits per heavy atom. The molecule has 0 amide bonds. The van der Waals surface area contributed by atoms with E-state index in [0.29, 0.717) is 22.6 Å². The number of benzene rings is 10. The first-order valence-corrected chi connectivity index (χ1v) is 26.6. The van der Waals surface area contributed by atoms with E-state index in [0.717, 1.165) is 63.0 Å². The summed E-state index contributed by atoms with van der Waals surface area (Å²) in [6, 6.07) is 84.1. The van der Waals surface area contributed by atoms with E-state index in [2.05, 4.69) is 194 Å². The molecule has 4 nitrogen and oxygen atoms in total. The lowest BCUT2D eigenvalue weighted by atomic mass is 9.92. The smallest absolute Gasteiger partial charge is 0.372 e. The molecule has 0 N–H and O–H groups in total. The van der Waals surface area contributed by atoms with Crippen molar-refractivity contribution in [3.8, 4) is 22.6 Å². The first-order chi connectivity index (χ1) is 31.0. The van der Waals surface area contributed by atoms with Gasteiger partial charge in [0.15, 0.2) is 16.1 Å². The minimum absolute atomic E-state index is 0.294. The zero-order chi connectivity index (χ0) is 42.4. The quantitative estimate of drug-likeness (QED) is 0.0896. The van der Waals surface area contributed by atoms with Crippen molar-refractivity contribution < 1.29 is 18.5 Å². The van der Waals surface area contributed by atoms with Gasteiger partial charge < -0.3 is 13.9 Å². The monoisotopic (exact) mass is 863 g/mol.